The van der Waals surface area contributed by atoms with Crippen molar-refractivity contribution < 1.29 is 4.52 Å². The van der Waals surface area contributed by atoms with Gasteiger partial charge in [-0.1, -0.05) is 0 Å². The van der Waals surface area contributed by atoms with Gasteiger partial charge in [0.1, 0.15) is 0 Å². The number of hydrogen-bond donors (Lipinski definition) is 0. The van der Waals surface area contributed by atoms with Crippen molar-refractivity contribution in [3.05, 3.63) is 0 Å². The van der Waals surface area contributed by atoms with E-state index in [1.807, 2.05) is 13.8 Å². The SMILES string of the molecule is CC(C)N(C(C)C)P(OCC(C)(C)C#N)N(C(C)C)C(C)C. The second-order valence-electron chi connectivity index (χ2n) is 7.66. The fourth-order valence-corrected chi connectivity index (χ4v) is 5.01. The Labute approximate surface area is 139 Å². The van der Waals surface area contributed by atoms with Crippen LogP contribution in [0.25, 0.3) is 0 Å². The van der Waals surface area contributed by atoms with Gasteiger partial charge in [-0.05, 0) is 69.2 Å². The Morgan fingerprint density at radius 3 is 1.41 bits per heavy atom. The van der Waals surface area contributed by atoms with Gasteiger partial charge >= 0.3 is 0 Å². The molecule has 0 aliphatic rings. The second-order valence-corrected chi connectivity index (χ2v) is 9.34. The summed E-state index contributed by atoms with van der Waals surface area (Å²) in [5, 5.41) is 9.27. The van der Waals surface area contributed by atoms with Gasteiger partial charge in [0, 0.05) is 24.2 Å². The lowest BCUT2D eigenvalue weighted by molar-refractivity contribution is 0.159. The Balaban J connectivity index is 5.51. The molecule has 0 aliphatic heterocycles. The minimum atomic E-state index is -0.900. The van der Waals surface area contributed by atoms with Crippen molar-refractivity contribution in [2.45, 2.75) is 93.4 Å². The van der Waals surface area contributed by atoms with Gasteiger partial charge in [0.15, 0.2) is 8.45 Å². The lowest BCUT2D eigenvalue weighted by Gasteiger charge is -2.46. The standard InChI is InChI=1S/C17H36N3OP/c1-13(2)19(14(3)4)22(20(15(5)6)16(7)8)21-12-17(9,10)11-18/h13-16H,12H2,1-10H3. The first-order valence-corrected chi connectivity index (χ1v) is 9.52. The first-order valence-electron chi connectivity index (χ1n) is 8.35. The van der Waals surface area contributed by atoms with Gasteiger partial charge < -0.3 is 4.52 Å². The van der Waals surface area contributed by atoms with E-state index in [2.05, 4.69) is 70.8 Å². The molecule has 0 atom stereocenters. The average Bonchev–Trinajstić information content (AvgIpc) is 2.34. The van der Waals surface area contributed by atoms with E-state index in [-0.39, 0.29) is 0 Å². The van der Waals surface area contributed by atoms with Crippen LogP contribution in [0.3, 0.4) is 0 Å². The highest BCUT2D eigenvalue weighted by atomic mass is 31.2. The zero-order valence-electron chi connectivity index (χ0n) is 16.2. The van der Waals surface area contributed by atoms with Crippen molar-refractivity contribution in [1.82, 2.24) is 9.34 Å². The molecular weight excluding hydrogens is 293 g/mol. The van der Waals surface area contributed by atoms with Crippen LogP contribution in [-0.2, 0) is 4.52 Å². The molecule has 0 saturated carbocycles. The summed E-state index contributed by atoms with van der Waals surface area (Å²) < 4.78 is 11.3. The van der Waals surface area contributed by atoms with Gasteiger partial charge in [-0.2, -0.15) is 5.26 Å². The number of hydrogen-bond acceptors (Lipinski definition) is 4. The van der Waals surface area contributed by atoms with Gasteiger partial charge in [-0.3, -0.25) is 0 Å². The molecule has 0 unspecified atom stereocenters. The van der Waals surface area contributed by atoms with Crippen LogP contribution < -0.4 is 0 Å². The lowest BCUT2D eigenvalue weighted by Crippen LogP contribution is -2.43. The maximum absolute atomic E-state index is 9.27. The topological polar surface area (TPSA) is 39.5 Å². The molecule has 130 valence electrons. The zero-order valence-corrected chi connectivity index (χ0v) is 17.1. The van der Waals surface area contributed by atoms with Crippen LogP contribution in [0.5, 0.6) is 0 Å². The van der Waals surface area contributed by atoms with Crippen LogP contribution in [-0.4, -0.2) is 40.1 Å². The Bertz CT molecular complexity index is 325. The van der Waals surface area contributed by atoms with Gasteiger partial charge in [0.05, 0.1) is 18.1 Å². The van der Waals surface area contributed by atoms with Crippen LogP contribution in [0.4, 0.5) is 0 Å². The molecule has 0 aromatic carbocycles. The molecule has 0 fully saturated rings. The molecule has 4 nitrogen and oxygen atoms in total. The number of nitriles is 1. The minimum absolute atomic E-state index is 0.399. The molecule has 0 aromatic heterocycles. The van der Waals surface area contributed by atoms with Crippen LogP contribution in [0, 0.1) is 16.7 Å². The molecule has 0 bridgehead atoms. The van der Waals surface area contributed by atoms with Crippen molar-refractivity contribution in [1.29, 1.82) is 5.26 Å². The molecule has 0 N–H and O–H groups in total. The van der Waals surface area contributed by atoms with Gasteiger partial charge in [0.25, 0.3) is 0 Å². The van der Waals surface area contributed by atoms with Gasteiger partial charge in [-0.15, -0.1) is 0 Å². The fraction of sp³-hybridized carbons (Fsp3) is 0.941. The highest BCUT2D eigenvalue weighted by molar-refractivity contribution is 7.47. The van der Waals surface area contributed by atoms with Gasteiger partial charge in [-0.25, -0.2) is 9.34 Å². The van der Waals surface area contributed by atoms with E-state index in [1.54, 1.807) is 0 Å². The third-order valence-corrected chi connectivity index (χ3v) is 6.35. The predicted molar refractivity (Wildman–Crippen MR) is 96.5 cm³/mol. The lowest BCUT2D eigenvalue weighted by atomic mass is 9.98. The Morgan fingerprint density at radius 2 is 1.18 bits per heavy atom. The van der Waals surface area contributed by atoms with Crippen LogP contribution in [0.2, 0.25) is 0 Å². The van der Waals surface area contributed by atoms with Crippen LogP contribution >= 0.6 is 8.45 Å². The monoisotopic (exact) mass is 329 g/mol. The van der Waals surface area contributed by atoms with E-state index < -0.39 is 13.9 Å². The maximum atomic E-state index is 9.27. The van der Waals surface area contributed by atoms with E-state index in [0.717, 1.165) is 0 Å². The van der Waals surface area contributed by atoms with E-state index in [0.29, 0.717) is 30.8 Å². The minimum Gasteiger partial charge on any atom is -0.330 e. The fourth-order valence-electron chi connectivity index (χ4n) is 2.49. The predicted octanol–water partition coefficient (Wildman–Crippen LogP) is 5.02. The Kier molecular flexibility index (Phi) is 9.10. The molecule has 0 radical (unpaired) electrons. The van der Waals surface area contributed by atoms with E-state index >= 15 is 0 Å². The summed E-state index contributed by atoms with van der Waals surface area (Å²) in [6.07, 6.45) is 0. The first kappa shape index (κ1) is 21.8. The highest BCUT2D eigenvalue weighted by Crippen LogP contribution is 2.51. The summed E-state index contributed by atoms with van der Waals surface area (Å²) >= 11 is 0. The maximum Gasteiger partial charge on any atom is 0.188 e. The number of rotatable bonds is 9. The highest BCUT2D eigenvalue weighted by Gasteiger charge is 2.35. The molecule has 5 heteroatoms. The van der Waals surface area contributed by atoms with E-state index in [4.69, 9.17) is 4.52 Å². The molecule has 22 heavy (non-hydrogen) atoms. The summed E-state index contributed by atoms with van der Waals surface area (Å²) in [6, 6.07) is 3.94. The van der Waals surface area contributed by atoms with Crippen LogP contribution in [0.1, 0.15) is 69.2 Å². The largest absolute Gasteiger partial charge is 0.330 e. The Morgan fingerprint density at radius 1 is 0.864 bits per heavy atom. The van der Waals surface area contributed by atoms with E-state index in [9.17, 15) is 5.26 Å². The summed E-state index contributed by atoms with van der Waals surface area (Å²) in [7, 11) is -0.900. The van der Waals surface area contributed by atoms with Crippen molar-refractivity contribution in [3.63, 3.8) is 0 Å². The third-order valence-electron chi connectivity index (χ3n) is 3.35. The third kappa shape index (κ3) is 6.50. The molecule has 0 aliphatic carbocycles. The average molecular weight is 329 g/mol. The quantitative estimate of drug-likeness (QED) is 0.557. The van der Waals surface area contributed by atoms with Crippen molar-refractivity contribution in [2.24, 2.45) is 5.41 Å². The summed E-state index contributed by atoms with van der Waals surface area (Å²) in [6.45, 7) is 22.1. The molecule has 0 amide bonds. The van der Waals surface area contributed by atoms with Crippen molar-refractivity contribution in [2.75, 3.05) is 6.61 Å². The molecule has 0 rings (SSSR count). The van der Waals surface area contributed by atoms with E-state index in [1.165, 1.54) is 0 Å². The molecule has 0 saturated heterocycles. The summed E-state index contributed by atoms with van der Waals surface area (Å²) in [4.78, 5) is 0. The summed E-state index contributed by atoms with van der Waals surface area (Å²) in [5.41, 5.74) is -0.458. The normalized spacial score (nSPS) is 13.5. The molecule has 0 heterocycles. The second kappa shape index (κ2) is 9.18. The van der Waals surface area contributed by atoms with Crippen LogP contribution in [0.15, 0.2) is 0 Å². The summed E-state index contributed by atoms with van der Waals surface area (Å²) in [5.74, 6) is 0. The van der Waals surface area contributed by atoms with Crippen molar-refractivity contribution >= 4 is 8.45 Å². The molecule has 0 spiro atoms. The number of nitrogens with zero attached hydrogens (tertiary/aromatic N) is 3. The smallest absolute Gasteiger partial charge is 0.188 e. The van der Waals surface area contributed by atoms with Crippen molar-refractivity contribution in [3.8, 4) is 6.07 Å². The molecular formula is C17H36N3OP. The molecule has 0 aromatic rings. The van der Waals surface area contributed by atoms with Gasteiger partial charge in [0.2, 0.25) is 0 Å². The zero-order chi connectivity index (χ0) is 17.7. The Hall–Kier alpha value is -0.200. The first-order chi connectivity index (χ1) is 9.94.